The molecule has 4 rings (SSSR count). The van der Waals surface area contributed by atoms with E-state index in [9.17, 15) is 14.0 Å². The molecule has 2 saturated heterocycles. The van der Waals surface area contributed by atoms with Gasteiger partial charge in [-0.25, -0.2) is 4.39 Å². The van der Waals surface area contributed by atoms with Crippen LogP contribution in [0, 0.1) is 5.82 Å². The van der Waals surface area contributed by atoms with Crippen LogP contribution in [0.4, 0.5) is 4.39 Å². The third kappa shape index (κ3) is 3.66. The van der Waals surface area contributed by atoms with Gasteiger partial charge in [-0.15, -0.1) is 0 Å². The molecule has 0 N–H and O–H groups in total. The molecule has 1 amide bonds. The molecular weight excluding hydrogens is 341 g/mol. The van der Waals surface area contributed by atoms with Gasteiger partial charge < -0.3 is 4.90 Å². The van der Waals surface area contributed by atoms with Crippen LogP contribution >= 0.6 is 0 Å². The zero-order valence-corrected chi connectivity index (χ0v) is 15.5. The van der Waals surface area contributed by atoms with Crippen molar-refractivity contribution in [3.8, 4) is 0 Å². The summed E-state index contributed by atoms with van der Waals surface area (Å²) in [5.74, 6) is 0.400. The third-order valence-corrected chi connectivity index (χ3v) is 5.96. The number of ketones is 1. The number of halogens is 1. The molecule has 0 saturated carbocycles. The highest BCUT2D eigenvalue weighted by atomic mass is 19.1. The maximum absolute atomic E-state index is 13.2. The lowest BCUT2D eigenvalue weighted by molar-refractivity contribution is -0.116. The van der Waals surface area contributed by atoms with Gasteiger partial charge in [0.1, 0.15) is 11.6 Å². The van der Waals surface area contributed by atoms with Crippen molar-refractivity contribution >= 4 is 11.7 Å². The van der Waals surface area contributed by atoms with Gasteiger partial charge in [-0.1, -0.05) is 24.3 Å². The fraction of sp³-hybridized carbons (Fsp3) is 0.391. The molecule has 27 heavy (non-hydrogen) atoms. The van der Waals surface area contributed by atoms with Crippen LogP contribution in [-0.4, -0.2) is 28.7 Å². The van der Waals surface area contributed by atoms with Crippen LogP contribution in [0.5, 0.6) is 0 Å². The highest BCUT2D eigenvalue weighted by Gasteiger charge is 2.43. The van der Waals surface area contributed by atoms with Crippen LogP contribution in [0.3, 0.4) is 0 Å². The Morgan fingerprint density at radius 1 is 0.963 bits per heavy atom. The average Bonchev–Trinajstić information content (AvgIpc) is 2.91. The minimum atomic E-state index is -0.206. The molecule has 140 valence electrons. The van der Waals surface area contributed by atoms with Crippen LogP contribution in [0.2, 0.25) is 0 Å². The summed E-state index contributed by atoms with van der Waals surface area (Å²) in [4.78, 5) is 26.4. The van der Waals surface area contributed by atoms with E-state index in [1.807, 2.05) is 36.4 Å². The number of hydrogen-bond donors (Lipinski definition) is 0. The van der Waals surface area contributed by atoms with Crippen LogP contribution in [0.25, 0.3) is 0 Å². The fourth-order valence-electron chi connectivity index (χ4n) is 4.72. The fourth-order valence-corrected chi connectivity index (χ4v) is 4.72. The second kappa shape index (κ2) is 7.26. The molecule has 0 spiro atoms. The Balaban J connectivity index is 1.48. The van der Waals surface area contributed by atoms with Gasteiger partial charge in [-0.2, -0.15) is 0 Å². The minimum Gasteiger partial charge on any atom is -0.333 e. The second-order valence-electron chi connectivity index (χ2n) is 7.89. The molecule has 2 aliphatic heterocycles. The van der Waals surface area contributed by atoms with Gasteiger partial charge in [0.25, 0.3) is 5.91 Å². The standard InChI is InChI=1S/C23H24FNO2/c1-15(26)12-16-2-4-18(5-3-16)23(27)25-21-10-11-22(25)14-19(13-21)17-6-8-20(24)9-7-17/h2-9,19,21-22H,10-14H2,1H3. The summed E-state index contributed by atoms with van der Waals surface area (Å²) in [5.41, 5.74) is 2.81. The predicted octanol–water partition coefficient (Wildman–Crippen LogP) is 4.51. The molecule has 0 aliphatic carbocycles. The Morgan fingerprint density at radius 3 is 2.11 bits per heavy atom. The minimum absolute atomic E-state index is 0.0921. The number of carbonyl (C=O) groups is 2. The molecule has 2 bridgehead atoms. The summed E-state index contributed by atoms with van der Waals surface area (Å²) in [7, 11) is 0. The summed E-state index contributed by atoms with van der Waals surface area (Å²) in [6.45, 7) is 1.57. The molecule has 0 radical (unpaired) electrons. The van der Waals surface area contributed by atoms with Gasteiger partial charge >= 0.3 is 0 Å². The molecular formula is C23H24FNO2. The van der Waals surface area contributed by atoms with Gasteiger partial charge in [0, 0.05) is 24.1 Å². The molecule has 2 aromatic rings. The van der Waals surface area contributed by atoms with Gasteiger partial charge in [0.2, 0.25) is 0 Å². The number of nitrogens with zero attached hydrogens (tertiary/aromatic N) is 1. The van der Waals surface area contributed by atoms with E-state index in [2.05, 4.69) is 4.90 Å². The number of Topliss-reactive ketones (excluding diaryl/α,β-unsaturated/α-hetero) is 1. The van der Waals surface area contributed by atoms with Gasteiger partial charge in [-0.3, -0.25) is 9.59 Å². The monoisotopic (exact) mass is 365 g/mol. The van der Waals surface area contributed by atoms with Crippen molar-refractivity contribution in [2.75, 3.05) is 0 Å². The predicted molar refractivity (Wildman–Crippen MR) is 102 cm³/mol. The van der Waals surface area contributed by atoms with E-state index < -0.39 is 0 Å². The van der Waals surface area contributed by atoms with Crippen molar-refractivity contribution < 1.29 is 14.0 Å². The Labute approximate surface area is 159 Å². The van der Waals surface area contributed by atoms with Crippen molar-refractivity contribution in [1.82, 2.24) is 4.90 Å². The van der Waals surface area contributed by atoms with Crippen molar-refractivity contribution in [2.45, 2.75) is 57.0 Å². The van der Waals surface area contributed by atoms with E-state index in [1.165, 1.54) is 17.7 Å². The smallest absolute Gasteiger partial charge is 0.254 e. The van der Waals surface area contributed by atoms with Crippen molar-refractivity contribution in [3.05, 3.63) is 71.0 Å². The van der Waals surface area contributed by atoms with E-state index in [1.54, 1.807) is 6.92 Å². The zero-order valence-electron chi connectivity index (χ0n) is 15.5. The Bertz CT molecular complexity index is 830. The summed E-state index contributed by atoms with van der Waals surface area (Å²) in [6.07, 6.45) is 4.36. The average molecular weight is 365 g/mol. The molecule has 2 aromatic carbocycles. The first-order valence-corrected chi connectivity index (χ1v) is 9.68. The number of piperidine rings is 1. The van der Waals surface area contributed by atoms with Crippen LogP contribution < -0.4 is 0 Å². The highest BCUT2D eigenvalue weighted by molar-refractivity contribution is 5.95. The quantitative estimate of drug-likeness (QED) is 0.799. The Kier molecular flexibility index (Phi) is 4.81. The molecule has 4 heteroatoms. The lowest BCUT2D eigenvalue weighted by atomic mass is 9.84. The molecule has 3 nitrogen and oxygen atoms in total. The first-order valence-electron chi connectivity index (χ1n) is 9.68. The van der Waals surface area contributed by atoms with Crippen molar-refractivity contribution in [3.63, 3.8) is 0 Å². The van der Waals surface area contributed by atoms with Crippen molar-refractivity contribution in [2.24, 2.45) is 0 Å². The van der Waals surface area contributed by atoms with E-state index in [4.69, 9.17) is 0 Å². The number of hydrogen-bond acceptors (Lipinski definition) is 2. The lowest BCUT2D eigenvalue weighted by Gasteiger charge is -2.39. The second-order valence-corrected chi connectivity index (χ2v) is 7.89. The van der Waals surface area contributed by atoms with Gasteiger partial charge in [0.15, 0.2) is 0 Å². The van der Waals surface area contributed by atoms with E-state index in [-0.39, 0.29) is 29.6 Å². The maximum Gasteiger partial charge on any atom is 0.254 e. The molecule has 2 unspecified atom stereocenters. The zero-order chi connectivity index (χ0) is 19.0. The molecule has 2 atom stereocenters. The van der Waals surface area contributed by atoms with E-state index in [0.29, 0.717) is 17.9 Å². The Hall–Kier alpha value is -2.49. The first kappa shape index (κ1) is 17.9. The van der Waals surface area contributed by atoms with Crippen LogP contribution in [0.1, 0.15) is 60.0 Å². The number of rotatable bonds is 4. The molecule has 2 aliphatic rings. The van der Waals surface area contributed by atoms with E-state index >= 15 is 0 Å². The summed E-state index contributed by atoms with van der Waals surface area (Å²) >= 11 is 0. The lowest BCUT2D eigenvalue weighted by Crippen LogP contribution is -2.46. The topological polar surface area (TPSA) is 37.4 Å². The normalized spacial score (nSPS) is 24.1. The van der Waals surface area contributed by atoms with Crippen LogP contribution in [-0.2, 0) is 11.2 Å². The largest absolute Gasteiger partial charge is 0.333 e. The summed E-state index contributed by atoms with van der Waals surface area (Å²) in [5, 5.41) is 0. The number of benzene rings is 2. The molecule has 2 fully saturated rings. The maximum atomic E-state index is 13.2. The SMILES string of the molecule is CC(=O)Cc1ccc(C(=O)N2C3CCC2CC(c2ccc(F)cc2)C3)cc1. The highest BCUT2D eigenvalue weighted by Crippen LogP contribution is 2.43. The number of carbonyl (C=O) groups excluding carboxylic acids is 2. The van der Waals surface area contributed by atoms with E-state index in [0.717, 1.165) is 31.2 Å². The summed E-state index contributed by atoms with van der Waals surface area (Å²) < 4.78 is 13.2. The van der Waals surface area contributed by atoms with Crippen molar-refractivity contribution in [1.29, 1.82) is 0 Å². The van der Waals surface area contributed by atoms with Gasteiger partial charge in [-0.05, 0) is 73.9 Å². The third-order valence-electron chi connectivity index (χ3n) is 5.96. The molecule has 2 heterocycles. The number of fused-ring (bicyclic) bond motifs is 2. The first-order chi connectivity index (χ1) is 13.0. The summed E-state index contributed by atoms with van der Waals surface area (Å²) in [6, 6.07) is 14.7. The van der Waals surface area contributed by atoms with Crippen LogP contribution in [0.15, 0.2) is 48.5 Å². The van der Waals surface area contributed by atoms with Gasteiger partial charge in [0.05, 0.1) is 0 Å². The Morgan fingerprint density at radius 2 is 1.56 bits per heavy atom. The molecule has 0 aromatic heterocycles. The number of amides is 1.